The molecule has 0 aromatic carbocycles. The molecular weight excluding hydrogens is 224 g/mol. The third-order valence-electron chi connectivity index (χ3n) is 3.99. The van der Waals surface area contributed by atoms with E-state index < -0.39 is 5.41 Å². The van der Waals surface area contributed by atoms with E-state index in [1.165, 1.54) is 0 Å². The lowest BCUT2D eigenvalue weighted by atomic mass is 9.78. The van der Waals surface area contributed by atoms with E-state index in [2.05, 4.69) is 6.92 Å². The van der Waals surface area contributed by atoms with E-state index >= 15 is 0 Å². The fourth-order valence-electron chi connectivity index (χ4n) is 1.86. The van der Waals surface area contributed by atoms with Crippen LogP contribution in [0.3, 0.4) is 0 Å². The summed E-state index contributed by atoms with van der Waals surface area (Å²) in [6.07, 6.45) is 0.962. The highest BCUT2D eigenvalue weighted by molar-refractivity contribution is 4.90. The minimum atomic E-state index is -0.951. The molecule has 1 saturated heterocycles. The van der Waals surface area contributed by atoms with Crippen LogP contribution >= 0.6 is 0 Å². The highest BCUT2D eigenvalue weighted by Crippen LogP contribution is 2.37. The lowest BCUT2D eigenvalue weighted by Gasteiger charge is -2.46. The number of hydrogen-bond acceptors (Lipinski definition) is 5. The van der Waals surface area contributed by atoms with Crippen molar-refractivity contribution < 1.29 is 24.8 Å². The van der Waals surface area contributed by atoms with E-state index in [1.807, 2.05) is 6.92 Å². The van der Waals surface area contributed by atoms with Gasteiger partial charge in [0.05, 0.1) is 51.2 Å². The molecule has 1 rings (SSSR count). The molecule has 1 heterocycles. The third kappa shape index (κ3) is 2.98. The molecule has 0 amide bonds. The second-order valence-corrected chi connectivity index (χ2v) is 5.14. The van der Waals surface area contributed by atoms with Crippen LogP contribution in [-0.2, 0) is 9.47 Å². The monoisotopic (exact) mass is 248 g/mol. The number of rotatable bonds is 8. The maximum Gasteiger partial charge on any atom is 0.0647 e. The SMILES string of the molecule is CCC1(C(C)OCC(CO)(CO)CO)COC1. The van der Waals surface area contributed by atoms with Gasteiger partial charge in [-0.3, -0.25) is 0 Å². The summed E-state index contributed by atoms with van der Waals surface area (Å²) in [6.45, 7) is 4.74. The van der Waals surface area contributed by atoms with Crippen molar-refractivity contribution in [2.75, 3.05) is 39.6 Å². The molecular formula is C12H24O5. The zero-order chi connectivity index (χ0) is 12.9. The highest BCUT2D eigenvalue weighted by atomic mass is 16.5. The minimum absolute atomic E-state index is 0.00900. The van der Waals surface area contributed by atoms with Crippen LogP contribution in [0.15, 0.2) is 0 Å². The van der Waals surface area contributed by atoms with Crippen LogP contribution in [0.5, 0.6) is 0 Å². The van der Waals surface area contributed by atoms with Crippen molar-refractivity contribution in [3.8, 4) is 0 Å². The van der Waals surface area contributed by atoms with Crippen LogP contribution in [0.1, 0.15) is 20.3 Å². The first kappa shape index (κ1) is 14.9. The molecule has 1 fully saturated rings. The van der Waals surface area contributed by atoms with E-state index in [1.54, 1.807) is 0 Å². The van der Waals surface area contributed by atoms with Crippen molar-refractivity contribution in [3.05, 3.63) is 0 Å². The van der Waals surface area contributed by atoms with Crippen molar-refractivity contribution in [3.63, 3.8) is 0 Å². The van der Waals surface area contributed by atoms with Gasteiger partial charge in [0.1, 0.15) is 0 Å². The van der Waals surface area contributed by atoms with E-state index in [0.717, 1.165) is 6.42 Å². The summed E-state index contributed by atoms with van der Waals surface area (Å²) in [5, 5.41) is 27.6. The average molecular weight is 248 g/mol. The Morgan fingerprint density at radius 2 is 1.76 bits per heavy atom. The standard InChI is InChI=1S/C12H24O5/c1-3-12(8-16-9-12)10(2)17-7-11(4-13,5-14)6-15/h10,13-15H,3-9H2,1-2H3. The highest BCUT2D eigenvalue weighted by Gasteiger charge is 2.43. The van der Waals surface area contributed by atoms with Crippen LogP contribution in [0.25, 0.3) is 0 Å². The topological polar surface area (TPSA) is 79.2 Å². The molecule has 1 aliphatic rings. The summed E-state index contributed by atoms with van der Waals surface area (Å²) in [4.78, 5) is 0. The normalized spacial score (nSPS) is 21.0. The summed E-state index contributed by atoms with van der Waals surface area (Å²) < 4.78 is 11.0. The van der Waals surface area contributed by atoms with Crippen LogP contribution in [-0.4, -0.2) is 61.1 Å². The predicted molar refractivity (Wildman–Crippen MR) is 62.6 cm³/mol. The number of hydrogen-bond donors (Lipinski definition) is 3. The molecule has 5 nitrogen and oxygen atoms in total. The summed E-state index contributed by atoms with van der Waals surface area (Å²) in [5.41, 5.74) is -0.903. The summed E-state index contributed by atoms with van der Waals surface area (Å²) in [7, 11) is 0. The molecule has 1 atom stereocenters. The first-order chi connectivity index (χ1) is 8.08. The van der Waals surface area contributed by atoms with Gasteiger partial charge >= 0.3 is 0 Å². The maximum atomic E-state index is 9.20. The molecule has 0 radical (unpaired) electrons. The summed E-state index contributed by atoms with van der Waals surface area (Å²) in [5.74, 6) is 0. The van der Waals surface area contributed by atoms with Crippen LogP contribution in [0.2, 0.25) is 0 Å². The van der Waals surface area contributed by atoms with Gasteiger partial charge in [0.25, 0.3) is 0 Å². The van der Waals surface area contributed by atoms with Gasteiger partial charge in [-0.05, 0) is 13.3 Å². The third-order valence-corrected chi connectivity index (χ3v) is 3.99. The minimum Gasteiger partial charge on any atom is -0.396 e. The second-order valence-electron chi connectivity index (χ2n) is 5.14. The zero-order valence-corrected chi connectivity index (χ0v) is 10.7. The van der Waals surface area contributed by atoms with Crippen LogP contribution in [0, 0.1) is 10.8 Å². The molecule has 3 N–H and O–H groups in total. The molecule has 0 saturated carbocycles. The molecule has 0 bridgehead atoms. The van der Waals surface area contributed by atoms with Gasteiger partial charge in [0.15, 0.2) is 0 Å². The Morgan fingerprint density at radius 3 is 2.06 bits per heavy atom. The number of aliphatic hydroxyl groups is 3. The second kappa shape index (κ2) is 6.11. The van der Waals surface area contributed by atoms with Crippen molar-refractivity contribution in [2.45, 2.75) is 26.4 Å². The van der Waals surface area contributed by atoms with Gasteiger partial charge in [-0.15, -0.1) is 0 Å². The van der Waals surface area contributed by atoms with Crippen LogP contribution in [0.4, 0.5) is 0 Å². The van der Waals surface area contributed by atoms with E-state index in [0.29, 0.717) is 13.2 Å². The molecule has 17 heavy (non-hydrogen) atoms. The molecule has 5 heteroatoms. The maximum absolute atomic E-state index is 9.20. The fourth-order valence-corrected chi connectivity index (χ4v) is 1.86. The Labute approximate surface area is 102 Å². The summed E-state index contributed by atoms with van der Waals surface area (Å²) >= 11 is 0. The van der Waals surface area contributed by atoms with E-state index in [9.17, 15) is 15.3 Å². The molecule has 0 aliphatic carbocycles. The van der Waals surface area contributed by atoms with Gasteiger partial charge in [0.2, 0.25) is 0 Å². The van der Waals surface area contributed by atoms with Gasteiger partial charge in [-0.2, -0.15) is 0 Å². The molecule has 0 spiro atoms. The Balaban J connectivity index is 2.48. The Morgan fingerprint density at radius 1 is 1.24 bits per heavy atom. The van der Waals surface area contributed by atoms with Crippen LogP contribution < -0.4 is 0 Å². The number of aliphatic hydroxyl groups excluding tert-OH is 3. The van der Waals surface area contributed by atoms with Gasteiger partial charge in [-0.25, -0.2) is 0 Å². The Bertz CT molecular complexity index is 209. The lowest BCUT2D eigenvalue weighted by Crippen LogP contribution is -2.52. The molecule has 102 valence electrons. The molecule has 0 aromatic heterocycles. The first-order valence-electron chi connectivity index (χ1n) is 6.10. The lowest BCUT2D eigenvalue weighted by molar-refractivity contribution is -0.197. The summed E-state index contributed by atoms with van der Waals surface area (Å²) in [6, 6.07) is 0. The quantitative estimate of drug-likeness (QED) is 0.553. The van der Waals surface area contributed by atoms with E-state index in [-0.39, 0.29) is 37.9 Å². The predicted octanol–water partition coefficient (Wildman–Crippen LogP) is -0.219. The van der Waals surface area contributed by atoms with Gasteiger partial charge < -0.3 is 24.8 Å². The largest absolute Gasteiger partial charge is 0.396 e. The Hall–Kier alpha value is -0.200. The molecule has 1 unspecified atom stereocenters. The average Bonchev–Trinajstić information content (AvgIpc) is 2.31. The first-order valence-corrected chi connectivity index (χ1v) is 6.10. The zero-order valence-electron chi connectivity index (χ0n) is 10.7. The number of ether oxygens (including phenoxy) is 2. The fraction of sp³-hybridized carbons (Fsp3) is 1.00. The Kier molecular flexibility index (Phi) is 5.34. The molecule has 1 aliphatic heterocycles. The van der Waals surface area contributed by atoms with E-state index in [4.69, 9.17) is 9.47 Å². The van der Waals surface area contributed by atoms with Crippen molar-refractivity contribution >= 4 is 0 Å². The van der Waals surface area contributed by atoms with Crippen molar-refractivity contribution in [1.29, 1.82) is 0 Å². The van der Waals surface area contributed by atoms with Gasteiger partial charge in [-0.1, -0.05) is 6.92 Å². The smallest absolute Gasteiger partial charge is 0.0647 e. The van der Waals surface area contributed by atoms with Gasteiger partial charge in [0, 0.05) is 5.41 Å². The molecule has 0 aromatic rings. The van der Waals surface area contributed by atoms with Crippen molar-refractivity contribution in [2.24, 2.45) is 10.8 Å². The van der Waals surface area contributed by atoms with Crippen molar-refractivity contribution in [1.82, 2.24) is 0 Å².